The number of benzene rings is 2. The summed E-state index contributed by atoms with van der Waals surface area (Å²) in [6.07, 6.45) is 3.89. The van der Waals surface area contributed by atoms with E-state index in [9.17, 15) is 0 Å². The van der Waals surface area contributed by atoms with Crippen LogP contribution in [-0.2, 0) is 11.2 Å². The first-order valence-electron chi connectivity index (χ1n) is 15.0. The van der Waals surface area contributed by atoms with Crippen molar-refractivity contribution in [3.8, 4) is 22.8 Å². The Bertz CT molecular complexity index is 1220. The maximum Gasteiger partial charge on any atom is 0.170 e. The summed E-state index contributed by atoms with van der Waals surface area (Å²) in [6.45, 7) is 12.5. The third-order valence-electron chi connectivity index (χ3n) is 7.16. The number of amidine groups is 1. The molecule has 0 spiro atoms. The number of ether oxygens (including phenoxy) is 3. The van der Waals surface area contributed by atoms with E-state index in [1.165, 1.54) is 9.88 Å². The molecule has 2 heterocycles. The summed E-state index contributed by atoms with van der Waals surface area (Å²) < 4.78 is 17.2. The van der Waals surface area contributed by atoms with Crippen molar-refractivity contribution < 1.29 is 19.4 Å². The first-order chi connectivity index (χ1) is 20.5. The molecule has 1 aliphatic heterocycles. The quantitative estimate of drug-likeness (QED) is 0.0648. The summed E-state index contributed by atoms with van der Waals surface area (Å²) >= 11 is 1.84. The molecule has 2 aromatic carbocycles. The van der Waals surface area contributed by atoms with Crippen molar-refractivity contribution in [1.82, 2.24) is 15.2 Å². The number of oxime groups is 1. The minimum absolute atomic E-state index is 0.0862. The van der Waals surface area contributed by atoms with Gasteiger partial charge < -0.3 is 30.5 Å². The van der Waals surface area contributed by atoms with Crippen LogP contribution in [0, 0.1) is 0 Å². The molecule has 0 atom stereocenters. The number of hydrogen-bond donors (Lipinski definition) is 3. The van der Waals surface area contributed by atoms with Crippen LogP contribution >= 0.6 is 11.3 Å². The molecule has 228 valence electrons. The lowest BCUT2D eigenvalue weighted by atomic mass is 10.1. The second-order valence-corrected chi connectivity index (χ2v) is 11.8. The molecule has 3 aromatic rings. The highest BCUT2D eigenvalue weighted by Gasteiger charge is 2.15. The SMILES string of the molecule is CC(C)c1nc(-c2ccc(OCCCCCOc3ccc(C(N)=NO)cc3)cc2)c(CCNCCN2CCOCC2)s1. The van der Waals surface area contributed by atoms with Gasteiger partial charge in [0.05, 0.1) is 37.1 Å². The van der Waals surface area contributed by atoms with Gasteiger partial charge in [0.2, 0.25) is 0 Å². The van der Waals surface area contributed by atoms with Gasteiger partial charge in [0.25, 0.3) is 0 Å². The van der Waals surface area contributed by atoms with Crippen LogP contribution in [0.25, 0.3) is 11.3 Å². The van der Waals surface area contributed by atoms with Crippen molar-refractivity contribution in [2.75, 3.05) is 59.2 Å². The molecule has 1 saturated heterocycles. The highest BCUT2D eigenvalue weighted by Crippen LogP contribution is 2.33. The number of nitrogens with one attached hydrogen (secondary N) is 1. The number of morpholine rings is 1. The van der Waals surface area contributed by atoms with Gasteiger partial charge in [0.1, 0.15) is 11.5 Å². The zero-order valence-corrected chi connectivity index (χ0v) is 25.7. The normalized spacial score (nSPS) is 14.4. The lowest BCUT2D eigenvalue weighted by molar-refractivity contribution is 0.0385. The van der Waals surface area contributed by atoms with Crippen molar-refractivity contribution in [2.24, 2.45) is 10.9 Å². The first kappa shape index (κ1) is 31.7. The molecule has 0 bridgehead atoms. The summed E-state index contributed by atoms with van der Waals surface area (Å²) in [5, 5.41) is 16.6. The Morgan fingerprint density at radius 2 is 1.64 bits per heavy atom. The van der Waals surface area contributed by atoms with Crippen LogP contribution in [0.4, 0.5) is 0 Å². The van der Waals surface area contributed by atoms with Crippen molar-refractivity contribution >= 4 is 17.2 Å². The molecule has 10 heteroatoms. The number of thiazole rings is 1. The average molecular weight is 596 g/mol. The van der Waals surface area contributed by atoms with E-state index in [-0.39, 0.29) is 5.84 Å². The van der Waals surface area contributed by atoms with E-state index in [2.05, 4.69) is 53.5 Å². The summed E-state index contributed by atoms with van der Waals surface area (Å²) in [6, 6.07) is 15.5. The van der Waals surface area contributed by atoms with Gasteiger partial charge in [-0.2, -0.15) is 0 Å². The van der Waals surface area contributed by atoms with Gasteiger partial charge in [-0.3, -0.25) is 4.90 Å². The fraction of sp³-hybridized carbons (Fsp3) is 0.500. The molecule has 1 aliphatic rings. The highest BCUT2D eigenvalue weighted by atomic mass is 32.1. The molecule has 1 aromatic heterocycles. The predicted molar refractivity (Wildman–Crippen MR) is 169 cm³/mol. The third-order valence-corrected chi connectivity index (χ3v) is 8.57. The molecular formula is C32H45N5O4S. The van der Waals surface area contributed by atoms with Gasteiger partial charge in [-0.1, -0.05) is 19.0 Å². The second-order valence-electron chi connectivity index (χ2n) is 10.7. The minimum atomic E-state index is 0.0862. The Labute approximate surface area is 253 Å². The van der Waals surface area contributed by atoms with E-state index >= 15 is 0 Å². The van der Waals surface area contributed by atoms with Crippen LogP contribution in [-0.4, -0.2) is 80.1 Å². The van der Waals surface area contributed by atoms with Gasteiger partial charge in [-0.05, 0) is 74.2 Å². The summed E-state index contributed by atoms with van der Waals surface area (Å²) in [7, 11) is 0. The highest BCUT2D eigenvalue weighted by molar-refractivity contribution is 7.12. The van der Waals surface area contributed by atoms with E-state index in [1.807, 2.05) is 23.5 Å². The first-order valence-corrected chi connectivity index (χ1v) is 15.8. The van der Waals surface area contributed by atoms with E-state index in [4.69, 9.17) is 30.1 Å². The molecule has 4 rings (SSSR count). The standard InChI is InChI=1S/C32H45N5O4S/c1-24(2)32-35-30(29(42-32)14-15-34-16-17-37-18-22-39-23-19-37)25-6-10-27(11-7-25)40-20-4-3-5-21-41-28-12-8-26(9-13-28)31(33)36-38/h6-13,24,34,38H,3-5,14-23H2,1-2H3,(H2,33,36). The zero-order valence-electron chi connectivity index (χ0n) is 24.9. The maximum atomic E-state index is 8.75. The number of rotatable bonds is 17. The molecule has 9 nitrogen and oxygen atoms in total. The van der Waals surface area contributed by atoms with Gasteiger partial charge in [-0.15, -0.1) is 11.3 Å². The number of nitrogens with zero attached hydrogens (tertiary/aromatic N) is 3. The van der Waals surface area contributed by atoms with Gasteiger partial charge in [0, 0.05) is 54.6 Å². The molecule has 42 heavy (non-hydrogen) atoms. The van der Waals surface area contributed by atoms with Crippen molar-refractivity contribution in [1.29, 1.82) is 0 Å². The van der Waals surface area contributed by atoms with E-state index in [0.29, 0.717) is 24.7 Å². The Morgan fingerprint density at radius 1 is 1.00 bits per heavy atom. The van der Waals surface area contributed by atoms with Crippen molar-refractivity contribution in [2.45, 2.75) is 45.4 Å². The van der Waals surface area contributed by atoms with Crippen molar-refractivity contribution in [3.63, 3.8) is 0 Å². The Hall–Kier alpha value is -3.18. The van der Waals surface area contributed by atoms with Crippen LogP contribution in [0.3, 0.4) is 0 Å². The summed E-state index contributed by atoms with van der Waals surface area (Å²) in [4.78, 5) is 8.82. The van der Waals surface area contributed by atoms with Crippen molar-refractivity contribution in [3.05, 3.63) is 64.0 Å². The van der Waals surface area contributed by atoms with Crippen LogP contribution in [0.2, 0.25) is 0 Å². The Kier molecular flexibility index (Phi) is 12.9. The third kappa shape index (κ3) is 9.97. The minimum Gasteiger partial charge on any atom is -0.494 e. The number of nitrogens with two attached hydrogens (primary N) is 1. The van der Waals surface area contributed by atoms with Crippen LogP contribution < -0.4 is 20.5 Å². The molecule has 0 unspecified atom stereocenters. The smallest absolute Gasteiger partial charge is 0.170 e. The van der Waals surface area contributed by atoms with Gasteiger partial charge >= 0.3 is 0 Å². The molecule has 0 aliphatic carbocycles. The van der Waals surface area contributed by atoms with Gasteiger partial charge in [-0.25, -0.2) is 4.98 Å². The molecule has 0 saturated carbocycles. The number of hydrogen-bond acceptors (Lipinski definition) is 9. The second kappa shape index (κ2) is 17.1. The zero-order chi connectivity index (χ0) is 29.6. The molecular weight excluding hydrogens is 550 g/mol. The number of unbranched alkanes of at least 4 members (excludes halogenated alkanes) is 2. The lowest BCUT2D eigenvalue weighted by Gasteiger charge is -2.26. The topological polar surface area (TPSA) is 114 Å². The predicted octanol–water partition coefficient (Wildman–Crippen LogP) is 5.12. The average Bonchev–Trinajstić information content (AvgIpc) is 3.46. The Balaban J connectivity index is 1.16. The van der Waals surface area contributed by atoms with Crippen LogP contribution in [0.5, 0.6) is 11.5 Å². The fourth-order valence-electron chi connectivity index (χ4n) is 4.65. The van der Waals surface area contributed by atoms with E-state index in [1.54, 1.807) is 12.1 Å². The molecule has 0 radical (unpaired) electrons. The van der Waals surface area contributed by atoms with E-state index < -0.39 is 0 Å². The van der Waals surface area contributed by atoms with E-state index in [0.717, 1.165) is 94.4 Å². The molecule has 4 N–H and O–H groups in total. The van der Waals surface area contributed by atoms with Crippen LogP contribution in [0.1, 0.15) is 54.5 Å². The summed E-state index contributed by atoms with van der Waals surface area (Å²) in [5.74, 6) is 2.15. The maximum absolute atomic E-state index is 8.75. The molecule has 0 amide bonds. The number of aromatic nitrogens is 1. The monoisotopic (exact) mass is 595 g/mol. The van der Waals surface area contributed by atoms with Crippen LogP contribution in [0.15, 0.2) is 53.7 Å². The lowest BCUT2D eigenvalue weighted by Crippen LogP contribution is -2.40. The summed E-state index contributed by atoms with van der Waals surface area (Å²) in [5.41, 5.74) is 8.49. The fourth-order valence-corrected chi connectivity index (χ4v) is 5.74. The Morgan fingerprint density at radius 3 is 2.26 bits per heavy atom. The van der Waals surface area contributed by atoms with Gasteiger partial charge in [0.15, 0.2) is 5.84 Å². The molecule has 1 fully saturated rings. The largest absolute Gasteiger partial charge is 0.494 e.